The first kappa shape index (κ1) is 13.1. The molecule has 1 aliphatic heterocycles. The van der Waals surface area contributed by atoms with Gasteiger partial charge in [-0.1, -0.05) is 13.8 Å². The topological polar surface area (TPSA) is 86.3 Å². The molecule has 108 valence electrons. The number of rotatable bonds is 3. The van der Waals surface area contributed by atoms with E-state index >= 15 is 0 Å². The zero-order chi connectivity index (χ0) is 14.5. The third-order valence-electron chi connectivity index (χ3n) is 4.78. The molecule has 1 unspecified atom stereocenters. The van der Waals surface area contributed by atoms with Gasteiger partial charge in [-0.2, -0.15) is 5.10 Å². The van der Waals surface area contributed by atoms with Crippen molar-refractivity contribution >= 4 is 11.9 Å². The van der Waals surface area contributed by atoms with Crippen LogP contribution >= 0.6 is 0 Å². The molecular formula is C14H19N3O3. The average Bonchev–Trinajstić information content (AvgIpc) is 2.87. The first-order valence-electron chi connectivity index (χ1n) is 6.97. The van der Waals surface area contributed by atoms with Gasteiger partial charge in [0.25, 0.3) is 0 Å². The van der Waals surface area contributed by atoms with Gasteiger partial charge in [0.05, 0.1) is 23.6 Å². The lowest BCUT2D eigenvalue weighted by atomic mass is 10.1. The van der Waals surface area contributed by atoms with Gasteiger partial charge in [0, 0.05) is 12.7 Å². The second kappa shape index (κ2) is 4.33. The van der Waals surface area contributed by atoms with E-state index in [1.807, 2.05) is 24.8 Å². The van der Waals surface area contributed by atoms with E-state index in [1.54, 1.807) is 6.20 Å². The van der Waals surface area contributed by atoms with Crippen molar-refractivity contribution in [3.8, 4) is 0 Å². The molecular weight excluding hydrogens is 258 g/mol. The number of aromatic nitrogens is 2. The van der Waals surface area contributed by atoms with Crippen molar-refractivity contribution < 1.29 is 14.7 Å². The second-order valence-electron chi connectivity index (χ2n) is 6.32. The number of nitrogens with one attached hydrogen (secondary N) is 1. The van der Waals surface area contributed by atoms with Crippen molar-refractivity contribution in [3.63, 3.8) is 0 Å². The number of carboxylic acid groups (broad SMARTS) is 1. The highest BCUT2D eigenvalue weighted by Crippen LogP contribution is 2.59. The number of H-pyrrole nitrogens is 1. The summed E-state index contributed by atoms with van der Waals surface area (Å²) in [5, 5.41) is 16.1. The van der Waals surface area contributed by atoms with Gasteiger partial charge in [0.1, 0.15) is 0 Å². The molecule has 1 amide bonds. The number of hydrogen-bond donors (Lipinski definition) is 2. The molecule has 0 spiro atoms. The van der Waals surface area contributed by atoms with Crippen LogP contribution in [0.15, 0.2) is 12.3 Å². The maximum atomic E-state index is 12.7. The molecule has 6 heteroatoms. The van der Waals surface area contributed by atoms with Gasteiger partial charge >= 0.3 is 5.97 Å². The number of aromatic amines is 1. The lowest BCUT2D eigenvalue weighted by molar-refractivity contribution is -0.142. The standard InChI is InChI=1S/C14H19N3O3/c1-14(2)10(11(14)13(19)20)12(18)17-7-3-4-9(17)8-5-6-15-16-8/h5-6,9-11H,3-4,7H2,1-2H3,(H,15,16)(H,19,20)/t9?,10-,11+/m1/s1. The normalized spacial score (nSPS) is 31.3. The Hall–Kier alpha value is -1.85. The zero-order valence-electron chi connectivity index (χ0n) is 11.7. The minimum absolute atomic E-state index is 0.0100. The molecule has 2 aliphatic rings. The molecule has 3 atom stereocenters. The summed E-state index contributed by atoms with van der Waals surface area (Å²) in [4.78, 5) is 25.7. The van der Waals surface area contributed by atoms with Gasteiger partial charge in [-0.25, -0.2) is 0 Å². The fourth-order valence-corrected chi connectivity index (χ4v) is 3.54. The van der Waals surface area contributed by atoms with E-state index in [9.17, 15) is 14.7 Å². The van der Waals surface area contributed by atoms with Crippen LogP contribution in [0.2, 0.25) is 0 Å². The van der Waals surface area contributed by atoms with Crippen molar-refractivity contribution in [2.45, 2.75) is 32.7 Å². The first-order valence-corrected chi connectivity index (χ1v) is 6.97. The number of carbonyl (C=O) groups excluding carboxylic acids is 1. The highest BCUT2D eigenvalue weighted by molar-refractivity contribution is 5.92. The van der Waals surface area contributed by atoms with Crippen molar-refractivity contribution in [2.24, 2.45) is 17.3 Å². The quantitative estimate of drug-likeness (QED) is 0.875. The molecule has 0 bridgehead atoms. The van der Waals surface area contributed by atoms with E-state index < -0.39 is 23.2 Å². The predicted octanol–water partition coefficient (Wildman–Crippen LogP) is 1.43. The van der Waals surface area contributed by atoms with Crippen LogP contribution < -0.4 is 0 Å². The summed E-state index contributed by atoms with van der Waals surface area (Å²) in [7, 11) is 0. The fourth-order valence-electron chi connectivity index (χ4n) is 3.54. The van der Waals surface area contributed by atoms with E-state index in [-0.39, 0.29) is 11.9 Å². The Morgan fingerprint density at radius 2 is 2.20 bits per heavy atom. The Labute approximate surface area is 117 Å². The number of amides is 1. The third-order valence-corrected chi connectivity index (χ3v) is 4.78. The van der Waals surface area contributed by atoms with Gasteiger partial charge < -0.3 is 10.0 Å². The molecule has 3 rings (SSSR count). The van der Waals surface area contributed by atoms with Crippen molar-refractivity contribution in [2.75, 3.05) is 6.54 Å². The van der Waals surface area contributed by atoms with E-state index in [0.29, 0.717) is 6.54 Å². The van der Waals surface area contributed by atoms with Crippen LogP contribution in [0.3, 0.4) is 0 Å². The monoisotopic (exact) mass is 277 g/mol. The summed E-state index contributed by atoms with van der Waals surface area (Å²) in [5.41, 5.74) is 0.491. The summed E-state index contributed by atoms with van der Waals surface area (Å²) in [6, 6.07) is 1.89. The molecule has 2 fully saturated rings. The van der Waals surface area contributed by atoms with Crippen LogP contribution in [0.25, 0.3) is 0 Å². The number of hydrogen-bond acceptors (Lipinski definition) is 3. The number of carboxylic acids is 1. The van der Waals surface area contributed by atoms with Crippen LogP contribution in [-0.2, 0) is 9.59 Å². The molecule has 2 heterocycles. The minimum Gasteiger partial charge on any atom is -0.481 e. The maximum absolute atomic E-state index is 12.7. The first-order chi connectivity index (χ1) is 9.44. The molecule has 1 saturated heterocycles. The van der Waals surface area contributed by atoms with E-state index in [1.165, 1.54) is 0 Å². The van der Waals surface area contributed by atoms with E-state index in [4.69, 9.17) is 0 Å². The second-order valence-corrected chi connectivity index (χ2v) is 6.32. The van der Waals surface area contributed by atoms with Gasteiger partial charge in [-0.15, -0.1) is 0 Å². The van der Waals surface area contributed by atoms with Crippen molar-refractivity contribution in [1.82, 2.24) is 15.1 Å². The molecule has 1 aromatic rings. The molecule has 6 nitrogen and oxygen atoms in total. The van der Waals surface area contributed by atoms with Gasteiger partial charge in [-0.3, -0.25) is 14.7 Å². The molecule has 0 aromatic carbocycles. The summed E-state index contributed by atoms with van der Waals surface area (Å²) >= 11 is 0. The van der Waals surface area contributed by atoms with Gasteiger partial charge in [0.15, 0.2) is 0 Å². The molecule has 1 aromatic heterocycles. The number of likely N-dealkylation sites (tertiary alicyclic amines) is 1. The van der Waals surface area contributed by atoms with E-state index in [2.05, 4.69) is 10.2 Å². The largest absolute Gasteiger partial charge is 0.481 e. The van der Waals surface area contributed by atoms with Crippen molar-refractivity contribution in [1.29, 1.82) is 0 Å². The van der Waals surface area contributed by atoms with Crippen molar-refractivity contribution in [3.05, 3.63) is 18.0 Å². The van der Waals surface area contributed by atoms with Crippen LogP contribution in [0.1, 0.15) is 38.4 Å². The Balaban J connectivity index is 1.79. The summed E-state index contributed by atoms with van der Waals surface area (Å²) in [6.45, 7) is 4.41. The maximum Gasteiger partial charge on any atom is 0.307 e. The fraction of sp³-hybridized carbons (Fsp3) is 0.643. The van der Waals surface area contributed by atoms with Crippen LogP contribution in [-0.4, -0.2) is 38.6 Å². The van der Waals surface area contributed by atoms with E-state index in [0.717, 1.165) is 18.5 Å². The van der Waals surface area contributed by atoms with Crippen LogP contribution in [0, 0.1) is 17.3 Å². The zero-order valence-corrected chi connectivity index (χ0v) is 11.7. The molecule has 2 N–H and O–H groups in total. The average molecular weight is 277 g/mol. The van der Waals surface area contributed by atoms with Crippen LogP contribution in [0.5, 0.6) is 0 Å². The number of aliphatic carboxylic acids is 1. The van der Waals surface area contributed by atoms with Gasteiger partial charge in [-0.05, 0) is 24.3 Å². The Kier molecular flexibility index (Phi) is 2.84. The minimum atomic E-state index is -0.870. The summed E-state index contributed by atoms with van der Waals surface area (Å²) < 4.78 is 0. The SMILES string of the molecule is CC1(C)[C@H](C(=O)O)[C@@H]1C(=O)N1CCCC1c1ccn[nH]1. The lowest BCUT2D eigenvalue weighted by Crippen LogP contribution is -2.33. The Morgan fingerprint density at radius 1 is 1.45 bits per heavy atom. The molecule has 1 saturated carbocycles. The Bertz CT molecular complexity index is 538. The molecule has 20 heavy (non-hydrogen) atoms. The smallest absolute Gasteiger partial charge is 0.307 e. The Morgan fingerprint density at radius 3 is 2.75 bits per heavy atom. The third kappa shape index (κ3) is 1.82. The highest BCUT2D eigenvalue weighted by Gasteiger charge is 2.67. The number of nitrogens with zero attached hydrogens (tertiary/aromatic N) is 2. The predicted molar refractivity (Wildman–Crippen MR) is 70.7 cm³/mol. The highest BCUT2D eigenvalue weighted by atomic mass is 16.4. The molecule has 0 radical (unpaired) electrons. The summed E-state index contributed by atoms with van der Waals surface area (Å²) in [6.07, 6.45) is 3.52. The molecule has 1 aliphatic carbocycles. The lowest BCUT2D eigenvalue weighted by Gasteiger charge is -2.24. The van der Waals surface area contributed by atoms with Crippen LogP contribution in [0.4, 0.5) is 0 Å². The van der Waals surface area contributed by atoms with Gasteiger partial charge in [0.2, 0.25) is 5.91 Å². The summed E-state index contributed by atoms with van der Waals surface area (Å²) in [5.74, 6) is -1.85. The number of carbonyl (C=O) groups is 2.